The monoisotopic (exact) mass is 235 g/mol. The number of nitrogens with zero attached hydrogens (tertiary/aromatic N) is 2. The lowest BCUT2D eigenvalue weighted by atomic mass is 9.97. The molecule has 0 amide bonds. The Bertz CT molecular complexity index is 362. The first-order valence-corrected chi connectivity index (χ1v) is 6.70. The molecule has 2 fully saturated rings. The Morgan fingerprint density at radius 2 is 2.18 bits per heavy atom. The van der Waals surface area contributed by atoms with Gasteiger partial charge in [0.15, 0.2) is 5.89 Å². The predicted molar refractivity (Wildman–Crippen MR) is 66.0 cm³/mol. The molecule has 2 aliphatic rings. The van der Waals surface area contributed by atoms with Crippen LogP contribution in [-0.2, 0) is 0 Å². The van der Waals surface area contributed by atoms with Gasteiger partial charge >= 0.3 is 0 Å². The molecule has 3 heterocycles. The predicted octanol–water partition coefficient (Wildman–Crippen LogP) is 1.91. The van der Waals surface area contributed by atoms with Gasteiger partial charge in [0.1, 0.15) is 6.26 Å². The highest BCUT2D eigenvalue weighted by Crippen LogP contribution is 2.29. The standard InChI is InChI=1S/C13H21N3O/c1-16-7-4-10(5-8-16)13-15-12(9-17-13)11-3-2-6-14-11/h9-11,14H,2-8H2,1H3. The van der Waals surface area contributed by atoms with E-state index in [4.69, 9.17) is 9.40 Å². The molecule has 0 saturated carbocycles. The normalized spacial score (nSPS) is 27.7. The van der Waals surface area contributed by atoms with Gasteiger partial charge in [-0.2, -0.15) is 0 Å². The van der Waals surface area contributed by atoms with Crippen molar-refractivity contribution in [1.82, 2.24) is 15.2 Å². The van der Waals surface area contributed by atoms with E-state index in [1.54, 1.807) is 0 Å². The summed E-state index contributed by atoms with van der Waals surface area (Å²) in [6.45, 7) is 3.43. The van der Waals surface area contributed by atoms with Gasteiger partial charge in [0, 0.05) is 5.92 Å². The molecule has 17 heavy (non-hydrogen) atoms. The minimum Gasteiger partial charge on any atom is -0.448 e. The number of nitrogens with one attached hydrogen (secondary N) is 1. The molecule has 0 bridgehead atoms. The van der Waals surface area contributed by atoms with Crippen LogP contribution in [0.4, 0.5) is 0 Å². The summed E-state index contributed by atoms with van der Waals surface area (Å²) < 4.78 is 5.68. The fourth-order valence-electron chi connectivity index (χ4n) is 2.84. The maximum Gasteiger partial charge on any atom is 0.197 e. The Hall–Kier alpha value is -0.870. The van der Waals surface area contributed by atoms with E-state index in [1.165, 1.54) is 25.7 Å². The van der Waals surface area contributed by atoms with Crippen molar-refractivity contribution in [1.29, 1.82) is 0 Å². The minimum atomic E-state index is 0.429. The van der Waals surface area contributed by atoms with Crippen LogP contribution in [0.2, 0.25) is 0 Å². The summed E-state index contributed by atoms with van der Waals surface area (Å²) in [5.74, 6) is 1.49. The number of hydrogen-bond acceptors (Lipinski definition) is 4. The Morgan fingerprint density at radius 1 is 1.35 bits per heavy atom. The molecule has 1 unspecified atom stereocenters. The summed E-state index contributed by atoms with van der Waals surface area (Å²) >= 11 is 0. The van der Waals surface area contributed by atoms with Crippen LogP contribution in [0.3, 0.4) is 0 Å². The SMILES string of the molecule is CN1CCC(c2nc(C3CCCN3)co2)CC1. The molecule has 94 valence electrons. The van der Waals surface area contributed by atoms with Crippen LogP contribution in [0.15, 0.2) is 10.7 Å². The Balaban J connectivity index is 1.67. The number of piperidine rings is 1. The van der Waals surface area contributed by atoms with Gasteiger partial charge < -0.3 is 14.6 Å². The maximum atomic E-state index is 5.68. The van der Waals surface area contributed by atoms with Crippen LogP contribution in [0.1, 0.15) is 49.2 Å². The van der Waals surface area contributed by atoms with Crippen LogP contribution < -0.4 is 5.32 Å². The molecule has 0 aliphatic carbocycles. The molecular weight excluding hydrogens is 214 g/mol. The van der Waals surface area contributed by atoms with Crippen molar-refractivity contribution >= 4 is 0 Å². The van der Waals surface area contributed by atoms with Crippen LogP contribution in [0, 0.1) is 0 Å². The number of aromatic nitrogens is 1. The number of hydrogen-bond donors (Lipinski definition) is 1. The molecule has 4 nitrogen and oxygen atoms in total. The third kappa shape index (κ3) is 2.38. The maximum absolute atomic E-state index is 5.68. The molecule has 1 atom stereocenters. The third-order valence-electron chi connectivity index (χ3n) is 4.02. The summed E-state index contributed by atoms with van der Waals surface area (Å²) in [5, 5.41) is 3.47. The van der Waals surface area contributed by atoms with Crippen LogP contribution >= 0.6 is 0 Å². The summed E-state index contributed by atoms with van der Waals surface area (Å²) in [7, 11) is 2.18. The van der Waals surface area contributed by atoms with E-state index in [1.807, 2.05) is 6.26 Å². The topological polar surface area (TPSA) is 41.3 Å². The Morgan fingerprint density at radius 3 is 2.88 bits per heavy atom. The van der Waals surface area contributed by atoms with E-state index >= 15 is 0 Å². The van der Waals surface area contributed by atoms with Gasteiger partial charge in [-0.3, -0.25) is 0 Å². The van der Waals surface area contributed by atoms with E-state index in [-0.39, 0.29) is 0 Å². The highest BCUT2D eigenvalue weighted by molar-refractivity contribution is 5.08. The van der Waals surface area contributed by atoms with Crippen molar-refractivity contribution in [2.24, 2.45) is 0 Å². The minimum absolute atomic E-state index is 0.429. The lowest BCUT2D eigenvalue weighted by Crippen LogP contribution is -2.29. The van der Waals surface area contributed by atoms with Gasteiger partial charge in [-0.15, -0.1) is 0 Å². The molecule has 1 N–H and O–H groups in total. The largest absolute Gasteiger partial charge is 0.448 e. The number of likely N-dealkylation sites (tertiary alicyclic amines) is 1. The van der Waals surface area contributed by atoms with Crippen molar-refractivity contribution in [3.63, 3.8) is 0 Å². The quantitative estimate of drug-likeness (QED) is 0.850. The molecular formula is C13H21N3O. The summed E-state index contributed by atoms with van der Waals surface area (Å²) in [6, 6.07) is 0.429. The van der Waals surface area contributed by atoms with Crippen molar-refractivity contribution < 1.29 is 4.42 Å². The molecule has 3 rings (SSSR count). The van der Waals surface area contributed by atoms with E-state index < -0.39 is 0 Å². The van der Waals surface area contributed by atoms with Crippen molar-refractivity contribution in [2.75, 3.05) is 26.7 Å². The van der Waals surface area contributed by atoms with E-state index in [2.05, 4.69) is 17.3 Å². The first-order chi connectivity index (χ1) is 8.33. The third-order valence-corrected chi connectivity index (χ3v) is 4.02. The zero-order valence-electron chi connectivity index (χ0n) is 10.5. The molecule has 0 radical (unpaired) electrons. The van der Waals surface area contributed by atoms with Crippen molar-refractivity contribution in [3.8, 4) is 0 Å². The summed E-state index contributed by atoms with van der Waals surface area (Å²) in [4.78, 5) is 7.07. The van der Waals surface area contributed by atoms with E-state index in [0.29, 0.717) is 12.0 Å². The lowest BCUT2D eigenvalue weighted by molar-refractivity contribution is 0.237. The fourth-order valence-corrected chi connectivity index (χ4v) is 2.84. The van der Waals surface area contributed by atoms with Crippen LogP contribution in [0.25, 0.3) is 0 Å². The van der Waals surface area contributed by atoms with Gasteiger partial charge in [-0.25, -0.2) is 4.98 Å². The van der Waals surface area contributed by atoms with Crippen LogP contribution in [-0.4, -0.2) is 36.6 Å². The number of oxazole rings is 1. The highest BCUT2D eigenvalue weighted by atomic mass is 16.3. The fraction of sp³-hybridized carbons (Fsp3) is 0.769. The second-order valence-electron chi connectivity index (χ2n) is 5.34. The van der Waals surface area contributed by atoms with E-state index in [9.17, 15) is 0 Å². The van der Waals surface area contributed by atoms with Gasteiger partial charge in [-0.05, 0) is 52.4 Å². The second-order valence-corrected chi connectivity index (χ2v) is 5.34. The second kappa shape index (κ2) is 4.78. The zero-order valence-corrected chi connectivity index (χ0v) is 10.5. The molecule has 2 saturated heterocycles. The first kappa shape index (κ1) is 11.2. The molecule has 1 aromatic heterocycles. The smallest absolute Gasteiger partial charge is 0.197 e. The van der Waals surface area contributed by atoms with E-state index in [0.717, 1.165) is 31.2 Å². The van der Waals surface area contributed by atoms with Gasteiger partial charge in [-0.1, -0.05) is 0 Å². The molecule has 1 aromatic rings. The molecule has 0 aromatic carbocycles. The van der Waals surface area contributed by atoms with Crippen LogP contribution in [0.5, 0.6) is 0 Å². The van der Waals surface area contributed by atoms with Gasteiger partial charge in [0.05, 0.1) is 11.7 Å². The summed E-state index contributed by atoms with van der Waals surface area (Å²) in [5.41, 5.74) is 1.11. The highest BCUT2D eigenvalue weighted by Gasteiger charge is 2.25. The lowest BCUT2D eigenvalue weighted by Gasteiger charge is -2.26. The van der Waals surface area contributed by atoms with Gasteiger partial charge in [0.2, 0.25) is 0 Å². The Kier molecular flexibility index (Phi) is 3.16. The van der Waals surface area contributed by atoms with Gasteiger partial charge in [0.25, 0.3) is 0 Å². The van der Waals surface area contributed by atoms with Crippen molar-refractivity contribution in [3.05, 3.63) is 17.8 Å². The first-order valence-electron chi connectivity index (χ1n) is 6.70. The molecule has 2 aliphatic heterocycles. The molecule has 0 spiro atoms. The Labute approximate surface area is 102 Å². The van der Waals surface area contributed by atoms with Crippen molar-refractivity contribution in [2.45, 2.75) is 37.6 Å². The average molecular weight is 235 g/mol. The number of rotatable bonds is 2. The summed E-state index contributed by atoms with van der Waals surface area (Å²) in [6.07, 6.45) is 6.65. The zero-order chi connectivity index (χ0) is 11.7. The molecule has 4 heteroatoms. The average Bonchev–Trinajstić information content (AvgIpc) is 3.00.